The molecule has 0 aromatic heterocycles. The van der Waals surface area contributed by atoms with Crippen LogP contribution >= 0.6 is 0 Å². The smallest absolute Gasteiger partial charge is 0.0517 e. The molecule has 1 fully saturated rings. The lowest BCUT2D eigenvalue weighted by Gasteiger charge is -2.28. The summed E-state index contributed by atoms with van der Waals surface area (Å²) in [7, 11) is -0.0604. The normalized spacial score (nSPS) is 19.8. The third-order valence-corrected chi connectivity index (χ3v) is 7.46. The lowest BCUT2D eigenvalue weighted by Crippen LogP contribution is -2.15. The molecule has 0 saturated heterocycles. The van der Waals surface area contributed by atoms with Gasteiger partial charge in [0.2, 0.25) is 0 Å². The molecule has 0 N–H and O–H groups in total. The van der Waals surface area contributed by atoms with Crippen LogP contribution < -0.4 is 5.19 Å². The maximum absolute atomic E-state index is 3.31. The monoisotopic (exact) mass is 374 g/mol. The zero-order valence-electron chi connectivity index (χ0n) is 17.1. The summed E-state index contributed by atoms with van der Waals surface area (Å²) in [6.45, 7) is 4.64. The third-order valence-electron chi connectivity index (χ3n) is 6.17. The van der Waals surface area contributed by atoms with E-state index in [-0.39, 0.29) is 9.52 Å². The van der Waals surface area contributed by atoms with Gasteiger partial charge in [-0.05, 0) is 54.5 Å². The molecular formula is C26H34Si. The molecule has 3 rings (SSSR count). The summed E-state index contributed by atoms with van der Waals surface area (Å²) in [6, 6.07) is 17.7. The van der Waals surface area contributed by atoms with Crippen molar-refractivity contribution in [1.82, 2.24) is 0 Å². The Morgan fingerprint density at radius 1 is 0.778 bits per heavy atom. The van der Waals surface area contributed by atoms with Crippen LogP contribution in [-0.2, 0) is 6.42 Å². The predicted octanol–water partition coefficient (Wildman–Crippen LogP) is 5.47. The van der Waals surface area contributed by atoms with Crippen LogP contribution in [0.3, 0.4) is 0 Å². The quantitative estimate of drug-likeness (QED) is 0.465. The molecular weight excluding hydrogens is 340 g/mol. The van der Waals surface area contributed by atoms with Crippen LogP contribution in [0.25, 0.3) is 0 Å². The summed E-state index contributed by atoms with van der Waals surface area (Å²) in [6.07, 6.45) is 11.2. The molecule has 142 valence electrons. The Hall–Kier alpha value is -1.78. The van der Waals surface area contributed by atoms with E-state index in [1.165, 1.54) is 62.1 Å². The van der Waals surface area contributed by atoms with Gasteiger partial charge >= 0.3 is 0 Å². The van der Waals surface area contributed by atoms with Crippen molar-refractivity contribution in [2.24, 2.45) is 11.8 Å². The molecule has 0 bridgehead atoms. The Kier molecular flexibility index (Phi) is 7.78. The van der Waals surface area contributed by atoms with Gasteiger partial charge in [-0.2, -0.15) is 0 Å². The second-order valence-corrected chi connectivity index (χ2v) is 9.74. The third kappa shape index (κ3) is 6.40. The number of rotatable bonds is 6. The predicted molar refractivity (Wildman–Crippen MR) is 122 cm³/mol. The summed E-state index contributed by atoms with van der Waals surface area (Å²) in [5.41, 5.74) is 3.70. The topological polar surface area (TPSA) is 0 Å². The van der Waals surface area contributed by atoms with Crippen molar-refractivity contribution >= 4 is 14.7 Å². The number of hydrogen-bond acceptors (Lipinski definition) is 0. The molecule has 0 unspecified atom stereocenters. The van der Waals surface area contributed by atoms with Crippen LogP contribution in [-0.4, -0.2) is 9.52 Å². The summed E-state index contributed by atoms with van der Waals surface area (Å²) < 4.78 is 0. The molecule has 0 nitrogen and oxygen atoms in total. The van der Waals surface area contributed by atoms with Crippen molar-refractivity contribution < 1.29 is 0 Å². The van der Waals surface area contributed by atoms with Crippen molar-refractivity contribution in [2.45, 2.75) is 64.8 Å². The van der Waals surface area contributed by atoms with E-state index in [0.29, 0.717) is 0 Å². The fourth-order valence-corrected chi connectivity index (χ4v) is 5.02. The standard InChI is InChI=1S/C26H34Si/c1-3-4-21-5-7-22(8-6-21)9-10-23-11-13-24(14-12-23)15-16-25-17-19-26(27-2)20-18-25/h11-14,17-22H,3-10,27H2,1-2H3. The van der Waals surface area contributed by atoms with Crippen LogP contribution in [0.1, 0.15) is 68.6 Å². The van der Waals surface area contributed by atoms with Gasteiger partial charge in [-0.3, -0.25) is 0 Å². The second-order valence-electron chi connectivity index (χ2n) is 8.21. The van der Waals surface area contributed by atoms with E-state index in [2.05, 4.69) is 73.8 Å². The fraction of sp³-hybridized carbons (Fsp3) is 0.462. The fourth-order valence-electron chi connectivity index (χ4n) is 4.31. The Balaban J connectivity index is 1.47. The highest BCUT2D eigenvalue weighted by Crippen LogP contribution is 2.33. The average Bonchev–Trinajstić information content (AvgIpc) is 2.73. The van der Waals surface area contributed by atoms with E-state index < -0.39 is 0 Å². The van der Waals surface area contributed by atoms with Crippen molar-refractivity contribution in [1.29, 1.82) is 0 Å². The Bertz CT molecular complexity index is 738. The first-order valence-corrected chi connectivity index (χ1v) is 13.1. The highest BCUT2D eigenvalue weighted by molar-refractivity contribution is 6.51. The summed E-state index contributed by atoms with van der Waals surface area (Å²) in [5.74, 6) is 8.57. The zero-order valence-corrected chi connectivity index (χ0v) is 18.6. The lowest BCUT2D eigenvalue weighted by atomic mass is 9.78. The molecule has 1 aliphatic carbocycles. The minimum atomic E-state index is -0.0604. The summed E-state index contributed by atoms with van der Waals surface area (Å²) in [4.78, 5) is 0. The molecule has 2 aromatic carbocycles. The Labute approximate surface area is 168 Å². The van der Waals surface area contributed by atoms with E-state index in [1.807, 2.05) is 0 Å². The molecule has 1 aliphatic rings. The van der Waals surface area contributed by atoms with Gasteiger partial charge in [0.1, 0.15) is 0 Å². The zero-order chi connectivity index (χ0) is 18.9. The average molecular weight is 375 g/mol. The van der Waals surface area contributed by atoms with Crippen LogP contribution in [0.15, 0.2) is 48.5 Å². The van der Waals surface area contributed by atoms with E-state index in [4.69, 9.17) is 0 Å². The number of benzene rings is 2. The van der Waals surface area contributed by atoms with Gasteiger partial charge in [0.25, 0.3) is 0 Å². The van der Waals surface area contributed by atoms with Crippen molar-refractivity contribution in [3.05, 3.63) is 65.2 Å². The second kappa shape index (κ2) is 10.5. The Morgan fingerprint density at radius 3 is 1.81 bits per heavy atom. The molecule has 0 amide bonds. The lowest BCUT2D eigenvalue weighted by molar-refractivity contribution is 0.252. The largest absolute Gasteiger partial charge is 0.0708 e. The van der Waals surface area contributed by atoms with E-state index >= 15 is 0 Å². The van der Waals surface area contributed by atoms with Crippen molar-refractivity contribution in [3.63, 3.8) is 0 Å². The van der Waals surface area contributed by atoms with Crippen molar-refractivity contribution in [3.8, 4) is 11.8 Å². The van der Waals surface area contributed by atoms with Gasteiger partial charge in [0.05, 0.1) is 9.52 Å². The maximum Gasteiger partial charge on any atom is 0.0517 e. The molecule has 0 radical (unpaired) electrons. The first-order chi connectivity index (χ1) is 13.3. The number of aryl methyl sites for hydroxylation is 1. The minimum Gasteiger partial charge on any atom is -0.0708 e. The van der Waals surface area contributed by atoms with Crippen molar-refractivity contribution in [2.75, 3.05) is 0 Å². The molecule has 1 heteroatoms. The van der Waals surface area contributed by atoms with Crippen LogP contribution in [0.4, 0.5) is 0 Å². The first kappa shape index (κ1) is 20.0. The van der Waals surface area contributed by atoms with Crippen LogP contribution in [0, 0.1) is 23.7 Å². The molecule has 2 aromatic rings. The molecule has 0 atom stereocenters. The Morgan fingerprint density at radius 2 is 1.30 bits per heavy atom. The molecule has 0 aliphatic heterocycles. The van der Waals surface area contributed by atoms with Gasteiger partial charge in [-0.1, -0.05) is 93.3 Å². The molecule has 27 heavy (non-hydrogen) atoms. The van der Waals surface area contributed by atoms with E-state index in [0.717, 1.165) is 23.0 Å². The molecule has 0 spiro atoms. The van der Waals surface area contributed by atoms with Gasteiger partial charge in [0, 0.05) is 11.1 Å². The van der Waals surface area contributed by atoms with E-state index in [1.54, 1.807) is 0 Å². The van der Waals surface area contributed by atoms with Crippen LogP contribution in [0.2, 0.25) is 6.55 Å². The minimum absolute atomic E-state index is 0.0604. The van der Waals surface area contributed by atoms with E-state index in [9.17, 15) is 0 Å². The highest BCUT2D eigenvalue weighted by Gasteiger charge is 2.20. The summed E-state index contributed by atoms with van der Waals surface area (Å²) >= 11 is 0. The maximum atomic E-state index is 3.31. The first-order valence-electron chi connectivity index (χ1n) is 11.0. The molecule has 1 saturated carbocycles. The SMILES string of the molecule is CCCC1CCC(CCc2ccc(C#Cc3ccc([SiH2]C)cc3)cc2)CC1. The van der Waals surface area contributed by atoms with Gasteiger partial charge in [-0.25, -0.2) is 0 Å². The highest BCUT2D eigenvalue weighted by atomic mass is 28.2. The van der Waals surface area contributed by atoms with Crippen LogP contribution in [0.5, 0.6) is 0 Å². The number of hydrogen-bond donors (Lipinski definition) is 0. The molecule has 0 heterocycles. The van der Waals surface area contributed by atoms with Gasteiger partial charge < -0.3 is 0 Å². The summed E-state index contributed by atoms with van der Waals surface area (Å²) in [5, 5.41) is 1.50. The van der Waals surface area contributed by atoms with Gasteiger partial charge in [0.15, 0.2) is 0 Å². The van der Waals surface area contributed by atoms with Gasteiger partial charge in [-0.15, -0.1) is 0 Å².